The highest BCUT2D eigenvalue weighted by Gasteiger charge is 2.36. The minimum absolute atomic E-state index is 0.0929. The number of rotatable bonds is 6. The van der Waals surface area contributed by atoms with Gasteiger partial charge in [0.15, 0.2) is 6.61 Å². The van der Waals surface area contributed by atoms with Crippen LogP contribution in [0.1, 0.15) is 29.3 Å². The van der Waals surface area contributed by atoms with Gasteiger partial charge in [0, 0.05) is 41.3 Å². The number of hydrogen-bond acceptors (Lipinski definition) is 4. The number of ketones is 1. The summed E-state index contributed by atoms with van der Waals surface area (Å²) in [7, 11) is 0. The summed E-state index contributed by atoms with van der Waals surface area (Å²) in [5.74, 6) is -1.46. The van der Waals surface area contributed by atoms with Gasteiger partial charge in [0.05, 0.1) is 5.92 Å². The van der Waals surface area contributed by atoms with E-state index in [2.05, 4.69) is 11.9 Å². The lowest BCUT2D eigenvalue weighted by Gasteiger charge is -2.17. The SMILES string of the molecule is CCc1ccc(N2C[C@H](C(=O)OCC(=O)c3c[nH]c4ccccc34)CC2=O)cc1. The van der Waals surface area contributed by atoms with E-state index in [1.807, 2.05) is 48.5 Å². The van der Waals surface area contributed by atoms with Crippen LogP contribution in [-0.2, 0) is 20.7 Å². The van der Waals surface area contributed by atoms with Gasteiger partial charge in [0.2, 0.25) is 11.7 Å². The maximum absolute atomic E-state index is 12.5. The van der Waals surface area contributed by atoms with Gasteiger partial charge in [-0.2, -0.15) is 0 Å². The summed E-state index contributed by atoms with van der Waals surface area (Å²) in [5.41, 5.74) is 3.31. The molecule has 0 bridgehead atoms. The predicted molar refractivity (Wildman–Crippen MR) is 110 cm³/mol. The van der Waals surface area contributed by atoms with Crippen LogP contribution in [0.4, 0.5) is 5.69 Å². The zero-order valence-corrected chi connectivity index (χ0v) is 16.2. The first kappa shape index (κ1) is 18.9. The molecule has 0 saturated carbocycles. The van der Waals surface area contributed by atoms with Crippen molar-refractivity contribution >= 4 is 34.3 Å². The Kier molecular flexibility index (Phi) is 5.16. The molecule has 2 aromatic carbocycles. The van der Waals surface area contributed by atoms with Gasteiger partial charge in [-0.05, 0) is 30.2 Å². The minimum atomic E-state index is -0.566. The maximum Gasteiger partial charge on any atom is 0.311 e. The molecular weight excluding hydrogens is 368 g/mol. The van der Waals surface area contributed by atoms with Gasteiger partial charge >= 0.3 is 5.97 Å². The number of nitrogens with zero attached hydrogens (tertiary/aromatic N) is 1. The Balaban J connectivity index is 1.37. The number of fused-ring (bicyclic) bond motifs is 1. The third kappa shape index (κ3) is 3.78. The van der Waals surface area contributed by atoms with Crippen LogP contribution in [0, 0.1) is 5.92 Å². The number of para-hydroxylation sites is 1. The molecule has 6 heteroatoms. The maximum atomic E-state index is 12.5. The van der Waals surface area contributed by atoms with Crippen molar-refractivity contribution in [1.29, 1.82) is 0 Å². The number of esters is 1. The van der Waals surface area contributed by atoms with E-state index in [0.717, 1.165) is 23.0 Å². The van der Waals surface area contributed by atoms with Crippen molar-refractivity contribution in [2.75, 3.05) is 18.1 Å². The Hall–Kier alpha value is -3.41. The van der Waals surface area contributed by atoms with E-state index in [1.165, 1.54) is 5.56 Å². The lowest BCUT2D eigenvalue weighted by molar-refractivity contribution is -0.147. The van der Waals surface area contributed by atoms with Crippen molar-refractivity contribution in [3.8, 4) is 0 Å². The lowest BCUT2D eigenvalue weighted by Crippen LogP contribution is -2.27. The molecule has 29 heavy (non-hydrogen) atoms. The highest BCUT2D eigenvalue weighted by Crippen LogP contribution is 2.26. The van der Waals surface area contributed by atoms with E-state index >= 15 is 0 Å². The molecule has 3 aromatic rings. The molecule has 0 unspecified atom stereocenters. The Morgan fingerprint density at radius 2 is 1.90 bits per heavy atom. The van der Waals surface area contributed by atoms with Crippen molar-refractivity contribution < 1.29 is 19.1 Å². The molecule has 6 nitrogen and oxygen atoms in total. The van der Waals surface area contributed by atoms with Crippen LogP contribution >= 0.6 is 0 Å². The van der Waals surface area contributed by atoms with E-state index in [0.29, 0.717) is 5.56 Å². The zero-order chi connectivity index (χ0) is 20.4. The van der Waals surface area contributed by atoms with Crippen molar-refractivity contribution in [2.45, 2.75) is 19.8 Å². The van der Waals surface area contributed by atoms with Gasteiger partial charge in [-0.15, -0.1) is 0 Å². The number of nitrogens with one attached hydrogen (secondary N) is 1. The zero-order valence-electron chi connectivity index (χ0n) is 16.2. The summed E-state index contributed by atoms with van der Waals surface area (Å²) in [4.78, 5) is 41.9. The number of carbonyl (C=O) groups excluding carboxylic acids is 3. The van der Waals surface area contributed by atoms with Crippen LogP contribution < -0.4 is 4.90 Å². The minimum Gasteiger partial charge on any atom is -0.457 e. The van der Waals surface area contributed by atoms with Gasteiger partial charge in [0.25, 0.3) is 0 Å². The van der Waals surface area contributed by atoms with E-state index in [-0.39, 0.29) is 31.3 Å². The number of carbonyl (C=O) groups is 3. The summed E-state index contributed by atoms with van der Waals surface area (Å²) < 4.78 is 5.25. The summed E-state index contributed by atoms with van der Waals surface area (Å²) in [6.07, 6.45) is 2.64. The molecule has 148 valence electrons. The van der Waals surface area contributed by atoms with Gasteiger partial charge in [0.1, 0.15) is 0 Å². The van der Waals surface area contributed by atoms with Crippen molar-refractivity contribution in [3.63, 3.8) is 0 Å². The molecule has 2 heterocycles. The second-order valence-electron chi connectivity index (χ2n) is 7.20. The fourth-order valence-electron chi connectivity index (χ4n) is 3.66. The number of Topliss-reactive ketones (excluding diaryl/α,β-unsaturated/α-hetero) is 1. The number of benzene rings is 2. The standard InChI is InChI=1S/C23H22N2O4/c1-2-15-7-9-17(10-8-15)25-13-16(11-22(25)27)23(28)29-14-21(26)19-12-24-20-6-4-3-5-18(19)20/h3-10,12,16,24H,2,11,13-14H2,1H3/t16-/m1/s1. The first-order valence-electron chi connectivity index (χ1n) is 9.72. The van der Waals surface area contributed by atoms with Crippen molar-refractivity contribution in [3.05, 3.63) is 65.9 Å². The topological polar surface area (TPSA) is 79.5 Å². The molecule has 1 atom stereocenters. The van der Waals surface area contributed by atoms with Gasteiger partial charge in [-0.1, -0.05) is 37.3 Å². The Morgan fingerprint density at radius 1 is 1.14 bits per heavy atom. The van der Waals surface area contributed by atoms with Crippen LogP contribution in [0.2, 0.25) is 0 Å². The quantitative estimate of drug-likeness (QED) is 0.516. The molecule has 1 fully saturated rings. The van der Waals surface area contributed by atoms with E-state index < -0.39 is 11.9 Å². The second kappa shape index (κ2) is 7.91. The van der Waals surface area contributed by atoms with Gasteiger partial charge in [-0.25, -0.2) is 0 Å². The molecule has 1 aliphatic heterocycles. The first-order chi connectivity index (χ1) is 14.1. The van der Waals surface area contributed by atoms with E-state index in [1.54, 1.807) is 11.1 Å². The lowest BCUT2D eigenvalue weighted by atomic mass is 10.1. The molecule has 1 amide bonds. The summed E-state index contributed by atoms with van der Waals surface area (Å²) >= 11 is 0. The Bertz CT molecular complexity index is 1070. The molecule has 1 aliphatic rings. The van der Waals surface area contributed by atoms with Crippen LogP contribution in [0.15, 0.2) is 54.7 Å². The highest BCUT2D eigenvalue weighted by atomic mass is 16.5. The number of H-pyrrole nitrogens is 1. The second-order valence-corrected chi connectivity index (χ2v) is 7.20. The summed E-state index contributed by atoms with van der Waals surface area (Å²) in [6, 6.07) is 15.2. The largest absolute Gasteiger partial charge is 0.457 e. The predicted octanol–water partition coefficient (Wildman–Crippen LogP) is 3.51. The van der Waals surface area contributed by atoms with Crippen molar-refractivity contribution in [2.24, 2.45) is 5.92 Å². The van der Waals surface area contributed by atoms with Crippen LogP contribution in [0.25, 0.3) is 10.9 Å². The van der Waals surface area contributed by atoms with Crippen LogP contribution in [0.3, 0.4) is 0 Å². The van der Waals surface area contributed by atoms with Crippen LogP contribution in [0.5, 0.6) is 0 Å². The first-order valence-corrected chi connectivity index (χ1v) is 9.72. The molecule has 4 rings (SSSR count). The smallest absolute Gasteiger partial charge is 0.311 e. The molecule has 0 radical (unpaired) electrons. The number of aromatic amines is 1. The third-order valence-electron chi connectivity index (χ3n) is 5.35. The number of amides is 1. The number of ether oxygens (including phenoxy) is 1. The molecule has 0 aliphatic carbocycles. The Labute approximate surface area is 168 Å². The third-order valence-corrected chi connectivity index (χ3v) is 5.35. The van der Waals surface area contributed by atoms with Gasteiger partial charge < -0.3 is 14.6 Å². The highest BCUT2D eigenvalue weighted by molar-refractivity contribution is 6.09. The molecule has 1 aromatic heterocycles. The molecule has 1 saturated heterocycles. The summed E-state index contributed by atoms with van der Waals surface area (Å²) in [5, 5.41) is 0.797. The van der Waals surface area contributed by atoms with Crippen LogP contribution in [-0.4, -0.2) is 35.8 Å². The normalized spacial score (nSPS) is 16.4. The van der Waals surface area contributed by atoms with Crippen molar-refractivity contribution in [1.82, 2.24) is 4.98 Å². The average Bonchev–Trinajstić information content (AvgIpc) is 3.35. The average molecular weight is 390 g/mol. The number of hydrogen-bond donors (Lipinski definition) is 1. The number of aryl methyl sites for hydroxylation is 1. The molecule has 0 spiro atoms. The van der Waals surface area contributed by atoms with Gasteiger partial charge in [-0.3, -0.25) is 14.4 Å². The summed E-state index contributed by atoms with van der Waals surface area (Å²) in [6.45, 7) is 2.00. The monoisotopic (exact) mass is 390 g/mol. The molecule has 1 N–H and O–H groups in total. The Morgan fingerprint density at radius 3 is 2.66 bits per heavy atom. The number of anilines is 1. The molecular formula is C23H22N2O4. The van der Waals surface area contributed by atoms with E-state index in [4.69, 9.17) is 4.74 Å². The van der Waals surface area contributed by atoms with E-state index in [9.17, 15) is 14.4 Å². The number of aromatic nitrogens is 1. The fraction of sp³-hybridized carbons (Fsp3) is 0.261. The fourth-order valence-corrected chi connectivity index (χ4v) is 3.66.